The van der Waals surface area contributed by atoms with Gasteiger partial charge in [0.25, 0.3) is 0 Å². The van der Waals surface area contributed by atoms with Crippen LogP contribution in [-0.2, 0) is 4.79 Å². The van der Waals surface area contributed by atoms with E-state index in [9.17, 15) is 4.79 Å². The van der Waals surface area contributed by atoms with Crippen molar-refractivity contribution in [2.24, 2.45) is 0 Å². The van der Waals surface area contributed by atoms with E-state index in [2.05, 4.69) is 11.5 Å². The van der Waals surface area contributed by atoms with Gasteiger partial charge in [-0.2, -0.15) is 0 Å². The van der Waals surface area contributed by atoms with Gasteiger partial charge in [0.1, 0.15) is 5.78 Å². The lowest BCUT2D eigenvalue weighted by Crippen LogP contribution is -2.09. The Labute approximate surface area is 73.2 Å². The van der Waals surface area contributed by atoms with E-state index < -0.39 is 0 Å². The van der Waals surface area contributed by atoms with Crippen LogP contribution in [0.3, 0.4) is 0 Å². The molecule has 0 aliphatic heterocycles. The third kappa shape index (κ3) is 2.22. The highest BCUT2D eigenvalue weighted by molar-refractivity contribution is 5.75. The Morgan fingerprint density at radius 3 is 2.42 bits per heavy atom. The summed E-state index contributed by atoms with van der Waals surface area (Å²) < 4.78 is 2.10. The Kier molecular flexibility index (Phi) is 3.09. The Hall–Kier alpha value is -1.05. The number of carbonyl (C=O) groups excluding carboxylic acids is 1. The van der Waals surface area contributed by atoms with E-state index in [-0.39, 0.29) is 5.78 Å². The number of aromatic nitrogens is 1. The van der Waals surface area contributed by atoms with Crippen molar-refractivity contribution in [3.8, 4) is 0 Å². The fourth-order valence-corrected chi connectivity index (χ4v) is 1.38. The van der Waals surface area contributed by atoms with Crippen LogP contribution < -0.4 is 0 Å². The third-order valence-corrected chi connectivity index (χ3v) is 2.04. The minimum absolute atomic E-state index is 0.260. The van der Waals surface area contributed by atoms with E-state index in [1.165, 1.54) is 0 Å². The second-order valence-corrected chi connectivity index (χ2v) is 3.10. The van der Waals surface area contributed by atoms with Crippen molar-refractivity contribution in [2.75, 3.05) is 0 Å². The fourth-order valence-electron chi connectivity index (χ4n) is 1.38. The summed E-state index contributed by atoms with van der Waals surface area (Å²) in [6.07, 6.45) is 5.67. The normalized spacial score (nSPS) is 12.8. The van der Waals surface area contributed by atoms with Gasteiger partial charge in [0, 0.05) is 24.9 Å². The van der Waals surface area contributed by atoms with Crippen molar-refractivity contribution < 1.29 is 4.79 Å². The fraction of sp³-hybridized carbons (Fsp3) is 0.500. The van der Waals surface area contributed by atoms with E-state index in [1.54, 1.807) is 6.92 Å². The zero-order valence-electron chi connectivity index (χ0n) is 7.66. The maximum absolute atomic E-state index is 10.9. The van der Waals surface area contributed by atoms with E-state index in [0.717, 1.165) is 6.42 Å². The van der Waals surface area contributed by atoms with Crippen LogP contribution in [0.2, 0.25) is 0 Å². The summed E-state index contributed by atoms with van der Waals surface area (Å²) in [6.45, 7) is 3.75. The zero-order chi connectivity index (χ0) is 8.97. The molecule has 1 unspecified atom stereocenters. The molecule has 1 aromatic rings. The maximum atomic E-state index is 10.9. The summed E-state index contributed by atoms with van der Waals surface area (Å²) in [5.74, 6) is 0.260. The minimum Gasteiger partial charge on any atom is -0.351 e. The highest BCUT2D eigenvalue weighted by Crippen LogP contribution is 2.15. The molecule has 1 heterocycles. The van der Waals surface area contributed by atoms with Crippen LogP contribution in [0, 0.1) is 0 Å². The Balaban J connectivity index is 2.63. The quantitative estimate of drug-likeness (QED) is 0.671. The zero-order valence-corrected chi connectivity index (χ0v) is 7.66. The summed E-state index contributed by atoms with van der Waals surface area (Å²) in [6, 6.07) is 4.32. The molecule has 1 atom stereocenters. The van der Waals surface area contributed by atoms with Crippen molar-refractivity contribution in [3.63, 3.8) is 0 Å². The van der Waals surface area contributed by atoms with Crippen molar-refractivity contribution >= 4 is 5.78 Å². The van der Waals surface area contributed by atoms with Gasteiger partial charge in [-0.05, 0) is 25.5 Å². The van der Waals surface area contributed by atoms with Gasteiger partial charge in [0.15, 0.2) is 0 Å². The molecule has 1 aromatic heterocycles. The van der Waals surface area contributed by atoms with Gasteiger partial charge in [-0.3, -0.25) is 4.79 Å². The Morgan fingerprint density at radius 1 is 1.42 bits per heavy atom. The van der Waals surface area contributed by atoms with Gasteiger partial charge < -0.3 is 4.57 Å². The number of hydrogen-bond acceptors (Lipinski definition) is 1. The van der Waals surface area contributed by atoms with Crippen LogP contribution in [0.15, 0.2) is 24.5 Å². The molecular formula is C10H15NO. The average Bonchev–Trinajstić information content (AvgIpc) is 2.51. The highest BCUT2D eigenvalue weighted by Gasteiger charge is 2.08. The second-order valence-electron chi connectivity index (χ2n) is 3.10. The molecule has 0 aromatic carbocycles. The molecule has 1 rings (SSSR count). The number of rotatable bonds is 4. The van der Waals surface area contributed by atoms with Crippen molar-refractivity contribution in [1.82, 2.24) is 4.57 Å². The summed E-state index contributed by atoms with van der Waals surface area (Å²) in [5, 5.41) is 0. The molecule has 2 heteroatoms. The molecule has 0 aliphatic carbocycles. The number of ketones is 1. The molecule has 0 saturated heterocycles. The van der Waals surface area contributed by atoms with E-state index >= 15 is 0 Å². The predicted octanol–water partition coefficient (Wildman–Crippen LogP) is 2.42. The van der Waals surface area contributed by atoms with Crippen LogP contribution in [0.4, 0.5) is 0 Å². The van der Waals surface area contributed by atoms with Gasteiger partial charge in [0.05, 0.1) is 0 Å². The summed E-state index contributed by atoms with van der Waals surface area (Å²) in [4.78, 5) is 10.9. The monoisotopic (exact) mass is 165 g/mol. The molecule has 0 saturated carbocycles. The predicted molar refractivity (Wildman–Crippen MR) is 49.1 cm³/mol. The molecule has 0 amide bonds. The highest BCUT2D eigenvalue weighted by atomic mass is 16.1. The van der Waals surface area contributed by atoms with Gasteiger partial charge in [-0.1, -0.05) is 6.92 Å². The number of Topliss-reactive ketones (excluding diaryl/α,β-unsaturated/α-hetero) is 1. The molecule has 0 bridgehead atoms. The molecule has 12 heavy (non-hydrogen) atoms. The molecule has 0 N–H and O–H groups in total. The average molecular weight is 165 g/mol. The number of nitrogens with zero attached hydrogens (tertiary/aromatic N) is 1. The van der Waals surface area contributed by atoms with Crippen LogP contribution in [0.5, 0.6) is 0 Å². The first-order valence-corrected chi connectivity index (χ1v) is 4.36. The van der Waals surface area contributed by atoms with Gasteiger partial charge >= 0.3 is 0 Å². The van der Waals surface area contributed by atoms with Gasteiger partial charge in [0.2, 0.25) is 0 Å². The molecule has 0 spiro atoms. The first kappa shape index (κ1) is 9.04. The molecular weight excluding hydrogens is 150 g/mol. The van der Waals surface area contributed by atoms with Crippen molar-refractivity contribution in [3.05, 3.63) is 24.5 Å². The molecule has 2 nitrogen and oxygen atoms in total. The smallest absolute Gasteiger partial charge is 0.131 e. The van der Waals surface area contributed by atoms with Gasteiger partial charge in [-0.25, -0.2) is 0 Å². The van der Waals surface area contributed by atoms with E-state index in [1.807, 2.05) is 24.5 Å². The SMILES string of the molecule is CCC(CC(C)=O)n1cccc1. The summed E-state index contributed by atoms with van der Waals surface area (Å²) in [7, 11) is 0. The molecule has 0 radical (unpaired) electrons. The lowest BCUT2D eigenvalue weighted by atomic mass is 10.1. The van der Waals surface area contributed by atoms with Crippen LogP contribution in [0.25, 0.3) is 0 Å². The topological polar surface area (TPSA) is 22.0 Å². The maximum Gasteiger partial charge on any atom is 0.131 e. The third-order valence-electron chi connectivity index (χ3n) is 2.04. The van der Waals surface area contributed by atoms with Crippen molar-refractivity contribution in [2.45, 2.75) is 32.7 Å². The first-order valence-electron chi connectivity index (χ1n) is 4.36. The number of hydrogen-bond donors (Lipinski definition) is 0. The largest absolute Gasteiger partial charge is 0.351 e. The standard InChI is InChI=1S/C10H15NO/c1-3-10(8-9(2)12)11-6-4-5-7-11/h4-7,10H,3,8H2,1-2H3. The van der Waals surface area contributed by atoms with Crippen LogP contribution in [0.1, 0.15) is 32.7 Å². The lowest BCUT2D eigenvalue weighted by Gasteiger charge is -2.14. The van der Waals surface area contributed by atoms with Gasteiger partial charge in [-0.15, -0.1) is 0 Å². The Morgan fingerprint density at radius 2 is 2.00 bits per heavy atom. The Bertz CT molecular complexity index is 238. The summed E-state index contributed by atoms with van der Waals surface area (Å²) in [5.41, 5.74) is 0. The van der Waals surface area contributed by atoms with Crippen LogP contribution in [-0.4, -0.2) is 10.4 Å². The van der Waals surface area contributed by atoms with E-state index in [4.69, 9.17) is 0 Å². The second kappa shape index (κ2) is 4.10. The number of carbonyl (C=O) groups is 1. The lowest BCUT2D eigenvalue weighted by molar-refractivity contribution is -0.117. The molecule has 0 fully saturated rings. The van der Waals surface area contributed by atoms with Crippen LogP contribution >= 0.6 is 0 Å². The first-order chi connectivity index (χ1) is 5.74. The summed E-state index contributed by atoms with van der Waals surface area (Å²) >= 11 is 0. The van der Waals surface area contributed by atoms with E-state index in [0.29, 0.717) is 12.5 Å². The molecule has 66 valence electrons. The molecule has 0 aliphatic rings. The van der Waals surface area contributed by atoms with Crippen molar-refractivity contribution in [1.29, 1.82) is 0 Å². The minimum atomic E-state index is 0.260.